The lowest BCUT2D eigenvalue weighted by atomic mass is 10.0. The third kappa shape index (κ3) is 3.14. The monoisotopic (exact) mass is 378 g/mol. The van der Waals surface area contributed by atoms with Crippen molar-refractivity contribution < 1.29 is 4.79 Å². The molecule has 0 aliphatic carbocycles. The zero-order valence-electron chi connectivity index (χ0n) is 15.6. The molecule has 6 heteroatoms. The molecule has 0 bridgehead atoms. The Kier molecular flexibility index (Phi) is 4.74. The van der Waals surface area contributed by atoms with Gasteiger partial charge >= 0.3 is 0 Å². The Morgan fingerprint density at radius 2 is 2.19 bits per heavy atom. The minimum Gasteiger partial charge on any atom is -0.345 e. The van der Waals surface area contributed by atoms with E-state index in [0.29, 0.717) is 12.3 Å². The van der Waals surface area contributed by atoms with E-state index in [1.54, 1.807) is 0 Å². The summed E-state index contributed by atoms with van der Waals surface area (Å²) >= 11 is 1.46. The molecule has 4 rings (SSSR count). The number of aliphatic imine (C=N–C) groups is 1. The number of aromatic nitrogens is 1. The number of amidine groups is 1. The molecule has 27 heavy (non-hydrogen) atoms. The predicted molar refractivity (Wildman–Crippen MR) is 112 cm³/mol. The fourth-order valence-electron chi connectivity index (χ4n) is 3.68. The van der Waals surface area contributed by atoms with Crippen LogP contribution in [0.25, 0.3) is 0 Å². The second kappa shape index (κ2) is 7.19. The number of hydrazone groups is 1. The van der Waals surface area contributed by atoms with E-state index in [1.165, 1.54) is 17.3 Å². The molecule has 0 N–H and O–H groups in total. The van der Waals surface area contributed by atoms with Gasteiger partial charge in [-0.3, -0.25) is 4.79 Å². The number of carbonyl (C=O) groups is 1. The van der Waals surface area contributed by atoms with E-state index in [4.69, 9.17) is 4.99 Å². The molecule has 2 aliphatic heterocycles. The number of hydrogen-bond donors (Lipinski definition) is 0. The van der Waals surface area contributed by atoms with E-state index in [1.807, 2.05) is 55.4 Å². The third-order valence-electron chi connectivity index (χ3n) is 5.06. The van der Waals surface area contributed by atoms with Crippen molar-refractivity contribution in [3.63, 3.8) is 0 Å². The summed E-state index contributed by atoms with van der Waals surface area (Å²) in [7, 11) is 0. The number of rotatable bonds is 5. The van der Waals surface area contributed by atoms with Gasteiger partial charge in [-0.2, -0.15) is 5.10 Å². The first kappa shape index (κ1) is 17.8. The summed E-state index contributed by atoms with van der Waals surface area (Å²) < 4.78 is 2.11. The van der Waals surface area contributed by atoms with E-state index >= 15 is 0 Å². The Morgan fingerprint density at radius 3 is 3.00 bits per heavy atom. The van der Waals surface area contributed by atoms with Crippen molar-refractivity contribution in [1.82, 2.24) is 9.58 Å². The summed E-state index contributed by atoms with van der Waals surface area (Å²) in [4.78, 5) is 17.6. The lowest BCUT2D eigenvalue weighted by molar-refractivity contribution is 0.102. The van der Waals surface area contributed by atoms with Crippen LogP contribution in [0.1, 0.15) is 39.8 Å². The number of benzene rings is 1. The largest absolute Gasteiger partial charge is 0.345 e. The molecule has 138 valence electrons. The molecule has 1 aromatic heterocycles. The number of hydrogen-bond acceptors (Lipinski definition) is 5. The molecule has 5 nitrogen and oxygen atoms in total. The molecule has 0 spiro atoms. The van der Waals surface area contributed by atoms with Gasteiger partial charge in [0.05, 0.1) is 17.5 Å². The summed E-state index contributed by atoms with van der Waals surface area (Å²) in [6, 6.07) is 10.3. The number of allylic oxidation sites excluding steroid dienone is 1. The van der Waals surface area contributed by atoms with E-state index in [2.05, 4.69) is 22.3 Å². The Hall–Kier alpha value is -2.60. The van der Waals surface area contributed by atoms with Crippen LogP contribution in [0.4, 0.5) is 5.69 Å². The van der Waals surface area contributed by atoms with Gasteiger partial charge in [0.15, 0.2) is 11.0 Å². The van der Waals surface area contributed by atoms with Gasteiger partial charge in [0.1, 0.15) is 0 Å². The van der Waals surface area contributed by atoms with Gasteiger partial charge in [0.2, 0.25) is 0 Å². The minimum absolute atomic E-state index is 0.115. The van der Waals surface area contributed by atoms with Crippen molar-refractivity contribution in [1.29, 1.82) is 0 Å². The summed E-state index contributed by atoms with van der Waals surface area (Å²) in [5.41, 5.74) is 5.02. The second-order valence-corrected chi connectivity index (χ2v) is 7.69. The van der Waals surface area contributed by atoms with Crippen molar-refractivity contribution >= 4 is 34.6 Å². The maximum Gasteiger partial charge on any atom is 0.186 e. The number of Topliss-reactive ketones (excluding diaryl/α,β-unsaturated/α-hetero) is 1. The van der Waals surface area contributed by atoms with Crippen molar-refractivity contribution in [2.75, 3.05) is 5.75 Å². The van der Waals surface area contributed by atoms with Gasteiger partial charge in [-0.15, -0.1) is 6.58 Å². The molecule has 0 saturated carbocycles. The highest BCUT2D eigenvalue weighted by molar-refractivity contribution is 8.14. The number of thioether (sulfide) groups is 1. The second-order valence-electron chi connectivity index (χ2n) is 6.74. The zero-order chi connectivity index (χ0) is 19.0. The first-order valence-electron chi connectivity index (χ1n) is 9.03. The molecule has 1 atom stereocenters. The van der Waals surface area contributed by atoms with Crippen LogP contribution in [-0.4, -0.2) is 32.5 Å². The number of para-hydroxylation sites is 1. The van der Waals surface area contributed by atoms with Crippen LogP contribution < -0.4 is 0 Å². The molecule has 2 aliphatic rings. The Bertz CT molecular complexity index is 973. The summed E-state index contributed by atoms with van der Waals surface area (Å²) in [6.07, 6.45) is 4.64. The molecular formula is C21H22N4OS. The fraction of sp³-hybridized carbons (Fsp3) is 0.286. The van der Waals surface area contributed by atoms with Crippen LogP contribution >= 0.6 is 11.8 Å². The molecule has 2 aromatic rings. The Labute approximate surface area is 163 Å². The molecule has 0 amide bonds. The minimum atomic E-state index is 0.115. The zero-order valence-corrected chi connectivity index (χ0v) is 16.4. The SMILES string of the molecule is C=CCn1c(C)cc(C(=O)CSC2=Nc3ccccc3[C@H]3CC=NN23)c1C. The van der Waals surface area contributed by atoms with Crippen LogP contribution in [0.15, 0.2) is 53.1 Å². The van der Waals surface area contributed by atoms with Gasteiger partial charge in [-0.25, -0.2) is 10.0 Å². The number of fused-ring (bicyclic) bond motifs is 3. The maximum atomic E-state index is 12.8. The molecule has 0 saturated heterocycles. The normalized spacial score (nSPS) is 17.5. The van der Waals surface area contributed by atoms with Crippen molar-refractivity contribution in [2.24, 2.45) is 10.1 Å². The highest BCUT2D eigenvalue weighted by atomic mass is 32.2. The molecule has 1 aromatic carbocycles. The van der Waals surface area contributed by atoms with Crippen molar-refractivity contribution in [3.05, 3.63) is 65.5 Å². The van der Waals surface area contributed by atoms with Crippen LogP contribution in [0.5, 0.6) is 0 Å². The third-order valence-corrected chi connectivity index (χ3v) is 6.00. The average molecular weight is 379 g/mol. The quantitative estimate of drug-likeness (QED) is 0.562. The summed E-state index contributed by atoms with van der Waals surface area (Å²) in [5, 5.41) is 7.22. The average Bonchev–Trinajstić information content (AvgIpc) is 3.27. The first-order valence-corrected chi connectivity index (χ1v) is 10.0. The van der Waals surface area contributed by atoms with E-state index in [0.717, 1.165) is 34.2 Å². The molecule has 0 radical (unpaired) electrons. The predicted octanol–water partition coefficient (Wildman–Crippen LogP) is 4.64. The van der Waals surface area contributed by atoms with Gasteiger partial charge in [-0.05, 0) is 26.0 Å². The maximum absolute atomic E-state index is 12.8. The van der Waals surface area contributed by atoms with E-state index in [-0.39, 0.29) is 11.8 Å². The highest BCUT2D eigenvalue weighted by Gasteiger charge is 2.32. The lowest BCUT2D eigenvalue weighted by Crippen LogP contribution is -2.28. The topological polar surface area (TPSA) is 50.0 Å². The van der Waals surface area contributed by atoms with E-state index < -0.39 is 0 Å². The molecule has 0 unspecified atom stereocenters. The summed E-state index contributed by atoms with van der Waals surface area (Å²) in [6.45, 7) is 8.52. The lowest BCUT2D eigenvalue weighted by Gasteiger charge is -2.29. The van der Waals surface area contributed by atoms with Crippen LogP contribution in [0.2, 0.25) is 0 Å². The number of ketones is 1. The number of aryl methyl sites for hydroxylation is 1. The first-order chi connectivity index (χ1) is 13.1. The molecule has 3 heterocycles. The fourth-order valence-corrected chi connectivity index (χ4v) is 4.57. The van der Waals surface area contributed by atoms with Crippen LogP contribution in [-0.2, 0) is 6.54 Å². The van der Waals surface area contributed by atoms with Crippen molar-refractivity contribution in [3.8, 4) is 0 Å². The van der Waals surface area contributed by atoms with Crippen LogP contribution in [0.3, 0.4) is 0 Å². The summed E-state index contributed by atoms with van der Waals surface area (Å²) in [5.74, 6) is 0.461. The van der Waals surface area contributed by atoms with Gasteiger partial charge in [0.25, 0.3) is 0 Å². The number of nitrogens with zero attached hydrogens (tertiary/aromatic N) is 4. The molecular weight excluding hydrogens is 356 g/mol. The van der Waals surface area contributed by atoms with Gasteiger partial charge in [0, 0.05) is 41.7 Å². The Balaban J connectivity index is 1.54. The van der Waals surface area contributed by atoms with Gasteiger partial charge in [-0.1, -0.05) is 36.0 Å². The number of carbonyl (C=O) groups excluding carboxylic acids is 1. The smallest absolute Gasteiger partial charge is 0.186 e. The molecule has 0 fully saturated rings. The standard InChI is InChI=1S/C21H22N4OS/c1-4-11-24-14(2)12-17(15(24)3)20(26)13-27-21-23-18-8-6-5-7-16(18)19-9-10-22-25(19)21/h4-8,10,12,19H,1,9,11,13H2,2-3H3/t19-/m1/s1. The van der Waals surface area contributed by atoms with Gasteiger partial charge < -0.3 is 4.57 Å². The van der Waals surface area contributed by atoms with Crippen molar-refractivity contribution in [2.45, 2.75) is 32.9 Å². The highest BCUT2D eigenvalue weighted by Crippen LogP contribution is 2.40. The Morgan fingerprint density at radius 1 is 1.37 bits per heavy atom. The van der Waals surface area contributed by atoms with E-state index in [9.17, 15) is 4.79 Å². The van der Waals surface area contributed by atoms with Crippen LogP contribution in [0, 0.1) is 13.8 Å².